The van der Waals surface area contributed by atoms with E-state index in [2.05, 4.69) is 11.3 Å². The highest BCUT2D eigenvalue weighted by Gasteiger charge is 2.72. The summed E-state index contributed by atoms with van der Waals surface area (Å²) in [6.45, 7) is -0.102. The summed E-state index contributed by atoms with van der Waals surface area (Å²) in [4.78, 5) is 37.8. The summed E-state index contributed by atoms with van der Waals surface area (Å²) in [6, 6.07) is 28.1. The Kier molecular flexibility index (Phi) is 15.6. The minimum absolute atomic E-state index is 0.00405. The maximum absolute atomic E-state index is 15.0. The predicted molar refractivity (Wildman–Crippen MR) is 240 cm³/mol. The van der Waals surface area contributed by atoms with Crippen LogP contribution in [0.3, 0.4) is 0 Å². The number of alkyl halides is 6. The lowest BCUT2D eigenvalue weighted by atomic mass is 10.0. The zero-order chi connectivity index (χ0) is 46.9. The largest absolute Gasteiger partial charge is 0.496 e. The van der Waals surface area contributed by atoms with Crippen molar-refractivity contribution < 1.29 is 59.6 Å². The van der Waals surface area contributed by atoms with Crippen LogP contribution in [0, 0.1) is 0 Å². The maximum atomic E-state index is 15.0. The number of halogens is 6. The number of para-hydroxylation sites is 2. The molecule has 6 rings (SSSR count). The van der Waals surface area contributed by atoms with Gasteiger partial charge in [-0.15, -0.1) is 0 Å². The van der Waals surface area contributed by atoms with E-state index in [0.717, 1.165) is 40.4 Å². The predicted octanol–water partition coefficient (Wildman–Crippen LogP) is 11.6. The van der Waals surface area contributed by atoms with Gasteiger partial charge >= 0.3 is 23.7 Å². The standard InChI is InChI=1S/C48H44F6O9S2/c1-29(2)43(55)63-28-47(51,52)48(53,54)46(49,50)27-62-32(11-9-21-60-33-19-17-30-23-37(44(56)64-41(30)25-33)35-13-5-7-15-39(35)58-3)12-10-22-61-34-20-18-31-24-38(45(57)65-42(31)26-34)36-14-6-8-16-40(36)59-4/h5-8,13-20,23-26,32H,1,9-12,21-22,27-28H2,2-4H3. The third-order valence-corrected chi connectivity index (χ3v) is 12.2. The number of rotatable bonds is 22. The molecule has 0 spiro atoms. The quantitative estimate of drug-likeness (QED) is 0.0285. The van der Waals surface area contributed by atoms with Crippen LogP contribution in [0.1, 0.15) is 32.6 Å². The molecule has 0 aliphatic rings. The van der Waals surface area contributed by atoms with Gasteiger partial charge in [-0.2, -0.15) is 26.3 Å². The molecule has 0 saturated carbocycles. The van der Waals surface area contributed by atoms with Crippen molar-refractivity contribution in [3.8, 4) is 45.3 Å². The highest BCUT2D eigenvalue weighted by Crippen LogP contribution is 2.46. The smallest absolute Gasteiger partial charge is 0.377 e. The topological polar surface area (TPSA) is 107 Å². The Bertz CT molecular complexity index is 2620. The van der Waals surface area contributed by atoms with Crippen LogP contribution in [-0.2, 0) is 14.3 Å². The molecule has 65 heavy (non-hydrogen) atoms. The minimum atomic E-state index is -5.96. The Morgan fingerprint density at radius 2 is 1.08 bits per heavy atom. The van der Waals surface area contributed by atoms with Crippen LogP contribution in [0.4, 0.5) is 26.3 Å². The number of carbonyl (C=O) groups excluding carboxylic acids is 1. The average molecular weight is 943 g/mol. The molecule has 0 atom stereocenters. The SMILES string of the molecule is C=C(C)C(=O)OCC(F)(F)C(F)(F)C(F)(F)COC(CCCOc1ccc2cc(-c3ccccc3OC)c(=O)sc2c1)CCCOc1ccc2cc(-c3ccccc3OC)c(=O)sc2c1. The first kappa shape index (κ1) is 48.5. The molecule has 0 unspecified atom stereocenters. The summed E-state index contributed by atoms with van der Waals surface area (Å²) in [6.07, 6.45) is -0.806. The monoisotopic (exact) mass is 942 g/mol. The van der Waals surface area contributed by atoms with E-state index in [-0.39, 0.29) is 54.0 Å². The molecule has 17 heteroatoms. The normalized spacial score (nSPS) is 12.1. The fourth-order valence-corrected chi connectivity index (χ4v) is 8.53. The number of esters is 1. The van der Waals surface area contributed by atoms with E-state index in [9.17, 15) is 40.7 Å². The minimum Gasteiger partial charge on any atom is -0.496 e. The molecule has 0 aliphatic heterocycles. The van der Waals surface area contributed by atoms with Crippen molar-refractivity contribution in [1.29, 1.82) is 0 Å². The van der Waals surface area contributed by atoms with Crippen molar-refractivity contribution in [3.63, 3.8) is 0 Å². The third kappa shape index (κ3) is 11.5. The van der Waals surface area contributed by atoms with Crippen LogP contribution in [0.2, 0.25) is 0 Å². The van der Waals surface area contributed by atoms with Crippen LogP contribution in [0.5, 0.6) is 23.0 Å². The zero-order valence-corrected chi connectivity index (χ0v) is 37.1. The van der Waals surface area contributed by atoms with Gasteiger partial charge in [0, 0.05) is 37.2 Å². The molecule has 2 aromatic heterocycles. The van der Waals surface area contributed by atoms with Gasteiger partial charge < -0.3 is 28.4 Å². The second-order valence-electron chi connectivity index (χ2n) is 14.9. The van der Waals surface area contributed by atoms with Gasteiger partial charge in [0.05, 0.1) is 33.5 Å². The number of fused-ring (bicyclic) bond motifs is 2. The van der Waals surface area contributed by atoms with Crippen molar-refractivity contribution in [1.82, 2.24) is 0 Å². The van der Waals surface area contributed by atoms with Crippen molar-refractivity contribution in [2.45, 2.75) is 56.5 Å². The number of ether oxygens (including phenoxy) is 6. The van der Waals surface area contributed by atoms with Gasteiger partial charge in [0.25, 0.3) is 0 Å². The molecule has 0 N–H and O–H groups in total. The van der Waals surface area contributed by atoms with E-state index >= 15 is 0 Å². The van der Waals surface area contributed by atoms with Crippen LogP contribution in [0.15, 0.2) is 119 Å². The molecule has 9 nitrogen and oxygen atoms in total. The van der Waals surface area contributed by atoms with Crippen LogP contribution < -0.4 is 28.4 Å². The molecule has 0 fully saturated rings. The van der Waals surface area contributed by atoms with Crippen molar-refractivity contribution in [3.05, 3.63) is 128 Å². The Morgan fingerprint density at radius 3 is 1.52 bits per heavy atom. The van der Waals surface area contributed by atoms with E-state index in [4.69, 9.17) is 23.7 Å². The molecule has 6 aromatic rings. The van der Waals surface area contributed by atoms with Crippen molar-refractivity contribution in [2.75, 3.05) is 40.6 Å². The fraction of sp³-hybridized carbons (Fsp3) is 0.312. The summed E-state index contributed by atoms with van der Waals surface area (Å²) in [7, 11) is 3.04. The van der Waals surface area contributed by atoms with Gasteiger partial charge in [-0.1, -0.05) is 65.7 Å². The molecular formula is C48H44F6O9S2. The number of benzene rings is 4. The first-order valence-corrected chi connectivity index (χ1v) is 21.8. The highest BCUT2D eigenvalue weighted by atomic mass is 32.1. The van der Waals surface area contributed by atoms with E-state index in [0.29, 0.717) is 54.7 Å². The number of hydrogen-bond acceptors (Lipinski definition) is 11. The molecule has 4 aromatic carbocycles. The van der Waals surface area contributed by atoms with E-state index in [1.807, 2.05) is 0 Å². The molecule has 0 saturated heterocycles. The second-order valence-corrected chi connectivity index (χ2v) is 17.0. The molecule has 0 amide bonds. The van der Waals surface area contributed by atoms with Crippen molar-refractivity contribution >= 4 is 48.8 Å². The van der Waals surface area contributed by atoms with Gasteiger partial charge in [0.2, 0.25) is 9.48 Å². The zero-order valence-electron chi connectivity index (χ0n) is 35.4. The Balaban J connectivity index is 1.11. The average Bonchev–Trinajstić information content (AvgIpc) is 3.29. The molecule has 2 heterocycles. The third-order valence-electron chi connectivity index (χ3n) is 10.2. The number of hydrogen-bond donors (Lipinski definition) is 0. The first-order valence-electron chi connectivity index (χ1n) is 20.2. The van der Waals surface area contributed by atoms with Crippen LogP contribution >= 0.6 is 22.7 Å². The second kappa shape index (κ2) is 20.9. The lowest BCUT2D eigenvalue weighted by Crippen LogP contribution is -2.58. The maximum Gasteiger partial charge on any atom is 0.377 e. The molecule has 344 valence electrons. The Hall–Kier alpha value is -5.91. The van der Waals surface area contributed by atoms with Crippen LogP contribution in [-0.4, -0.2) is 70.5 Å². The van der Waals surface area contributed by atoms with Crippen LogP contribution in [0.25, 0.3) is 42.4 Å². The molecule has 0 radical (unpaired) electrons. The van der Waals surface area contributed by atoms with Gasteiger partial charge in [0.15, 0.2) is 6.61 Å². The van der Waals surface area contributed by atoms with Gasteiger partial charge in [-0.25, -0.2) is 4.79 Å². The number of carbonyl (C=O) groups is 1. The van der Waals surface area contributed by atoms with Gasteiger partial charge in [-0.3, -0.25) is 9.59 Å². The van der Waals surface area contributed by atoms with E-state index < -0.39 is 43.1 Å². The Labute approximate surface area is 377 Å². The lowest BCUT2D eigenvalue weighted by Gasteiger charge is -2.33. The van der Waals surface area contributed by atoms with E-state index in [1.54, 1.807) is 97.1 Å². The summed E-state index contributed by atoms with van der Waals surface area (Å²) >= 11 is 2.03. The summed E-state index contributed by atoms with van der Waals surface area (Å²) < 4.78 is 121. The fourth-order valence-electron chi connectivity index (χ4n) is 6.74. The van der Waals surface area contributed by atoms with Crippen molar-refractivity contribution in [2.24, 2.45) is 0 Å². The molecular weight excluding hydrogens is 899 g/mol. The molecule has 0 aliphatic carbocycles. The lowest BCUT2D eigenvalue weighted by molar-refractivity contribution is -0.328. The number of methoxy groups -OCH3 is 2. The summed E-state index contributed by atoms with van der Waals surface area (Å²) in [5.41, 5.74) is 1.85. The highest BCUT2D eigenvalue weighted by molar-refractivity contribution is 7.16. The van der Waals surface area contributed by atoms with E-state index in [1.165, 1.54) is 14.2 Å². The first-order chi connectivity index (χ1) is 30.9. The summed E-state index contributed by atoms with van der Waals surface area (Å²) in [5.74, 6) is -16.3. The van der Waals surface area contributed by atoms with Gasteiger partial charge in [0.1, 0.15) is 29.6 Å². The molecule has 0 bridgehead atoms. The van der Waals surface area contributed by atoms with Gasteiger partial charge in [-0.05, 0) is 104 Å². The Morgan fingerprint density at radius 1 is 0.631 bits per heavy atom. The summed E-state index contributed by atoms with van der Waals surface area (Å²) in [5, 5.41) is 1.54.